The lowest BCUT2D eigenvalue weighted by molar-refractivity contribution is 0.0693. The van der Waals surface area contributed by atoms with Gasteiger partial charge in [-0.25, -0.2) is 4.79 Å². The molecule has 0 unspecified atom stereocenters. The maximum atomic E-state index is 11.5. The van der Waals surface area contributed by atoms with Crippen LogP contribution < -0.4 is 0 Å². The Hall–Kier alpha value is -2.66. The number of rotatable bonds is 3. The zero-order chi connectivity index (χ0) is 16.7. The maximum Gasteiger partial charge on any atom is 0.336 e. The second-order valence-electron chi connectivity index (χ2n) is 6.30. The number of aromatic carboxylic acids is 1. The Morgan fingerprint density at radius 3 is 2.88 bits per heavy atom. The monoisotopic (exact) mass is 321 g/mol. The van der Waals surface area contributed by atoms with Crippen LogP contribution >= 0.6 is 0 Å². The Bertz CT molecular complexity index is 930. The van der Waals surface area contributed by atoms with Crippen LogP contribution in [0.1, 0.15) is 27.2 Å². The summed E-state index contributed by atoms with van der Waals surface area (Å²) in [6, 6.07) is 13.8. The summed E-state index contributed by atoms with van der Waals surface area (Å²) in [5.74, 6) is -0.850. The molecule has 0 atom stereocenters. The van der Waals surface area contributed by atoms with E-state index < -0.39 is 5.97 Å². The second kappa shape index (κ2) is 5.76. The number of fused-ring (bicyclic) bond motifs is 2. The van der Waals surface area contributed by atoms with Gasteiger partial charge in [0, 0.05) is 32.1 Å². The Kier molecular flexibility index (Phi) is 3.58. The molecule has 2 aromatic carbocycles. The van der Waals surface area contributed by atoms with Crippen LogP contribution in [0.3, 0.4) is 0 Å². The molecule has 0 amide bonds. The van der Waals surface area contributed by atoms with E-state index in [0.717, 1.165) is 47.2 Å². The van der Waals surface area contributed by atoms with Crippen molar-refractivity contribution < 1.29 is 9.90 Å². The summed E-state index contributed by atoms with van der Waals surface area (Å²) in [5.41, 5.74) is 4.68. The van der Waals surface area contributed by atoms with Gasteiger partial charge in [-0.3, -0.25) is 9.58 Å². The number of aromatic nitrogens is 2. The fraction of sp³-hybridized carbons (Fsp3) is 0.263. The average Bonchev–Trinajstić information content (AvgIpc) is 2.90. The summed E-state index contributed by atoms with van der Waals surface area (Å²) in [4.78, 5) is 13.8. The molecule has 0 saturated heterocycles. The van der Waals surface area contributed by atoms with Crippen LogP contribution in [0.5, 0.6) is 0 Å². The van der Waals surface area contributed by atoms with Gasteiger partial charge in [0.2, 0.25) is 0 Å². The molecule has 1 aromatic heterocycles. The molecule has 1 aliphatic rings. The van der Waals surface area contributed by atoms with Gasteiger partial charge < -0.3 is 5.11 Å². The molecule has 4 rings (SSSR count). The number of carboxylic acid groups (broad SMARTS) is 1. The maximum absolute atomic E-state index is 11.5. The van der Waals surface area contributed by atoms with E-state index in [4.69, 9.17) is 0 Å². The zero-order valence-corrected chi connectivity index (χ0v) is 13.6. The van der Waals surface area contributed by atoms with Crippen molar-refractivity contribution in [3.05, 3.63) is 64.8 Å². The number of nitrogens with zero attached hydrogens (tertiary/aromatic N) is 3. The zero-order valence-electron chi connectivity index (χ0n) is 13.6. The quantitative estimate of drug-likeness (QED) is 0.806. The third kappa shape index (κ3) is 2.47. The molecular formula is C19H19N3O2. The predicted molar refractivity (Wildman–Crippen MR) is 91.9 cm³/mol. The highest BCUT2D eigenvalue weighted by Crippen LogP contribution is 2.25. The SMILES string of the molecule is Cn1nc(CN2CCc3cccc(C(=O)O)c3C2)c2ccccc21. The van der Waals surface area contributed by atoms with Crippen molar-refractivity contribution >= 4 is 16.9 Å². The van der Waals surface area contributed by atoms with E-state index in [1.807, 2.05) is 36.0 Å². The molecule has 0 saturated carbocycles. The van der Waals surface area contributed by atoms with E-state index in [0.29, 0.717) is 12.1 Å². The molecule has 24 heavy (non-hydrogen) atoms. The minimum absolute atomic E-state index is 0.420. The van der Waals surface area contributed by atoms with E-state index in [1.54, 1.807) is 6.07 Å². The number of benzene rings is 2. The molecule has 0 fully saturated rings. The van der Waals surface area contributed by atoms with Gasteiger partial charge >= 0.3 is 5.97 Å². The van der Waals surface area contributed by atoms with Crippen molar-refractivity contribution in [1.29, 1.82) is 0 Å². The average molecular weight is 321 g/mol. The molecule has 1 aliphatic heterocycles. The second-order valence-corrected chi connectivity index (χ2v) is 6.30. The Morgan fingerprint density at radius 1 is 1.21 bits per heavy atom. The van der Waals surface area contributed by atoms with Gasteiger partial charge in [0.05, 0.1) is 16.8 Å². The lowest BCUT2D eigenvalue weighted by Crippen LogP contribution is -2.31. The number of aryl methyl sites for hydroxylation is 1. The van der Waals surface area contributed by atoms with Crippen molar-refractivity contribution in [3.8, 4) is 0 Å². The van der Waals surface area contributed by atoms with E-state index in [1.165, 1.54) is 0 Å². The molecule has 0 bridgehead atoms. The summed E-state index contributed by atoms with van der Waals surface area (Å²) in [7, 11) is 1.96. The number of carbonyl (C=O) groups is 1. The van der Waals surface area contributed by atoms with E-state index >= 15 is 0 Å². The first-order valence-corrected chi connectivity index (χ1v) is 8.10. The van der Waals surface area contributed by atoms with Crippen LogP contribution in [-0.2, 0) is 26.6 Å². The lowest BCUT2D eigenvalue weighted by Gasteiger charge is -2.29. The van der Waals surface area contributed by atoms with E-state index in [-0.39, 0.29) is 0 Å². The highest BCUT2D eigenvalue weighted by atomic mass is 16.4. The molecule has 2 heterocycles. The molecule has 3 aromatic rings. The van der Waals surface area contributed by atoms with Crippen LogP contribution in [0.4, 0.5) is 0 Å². The van der Waals surface area contributed by atoms with Gasteiger partial charge in [0.1, 0.15) is 0 Å². The van der Waals surface area contributed by atoms with Gasteiger partial charge in [-0.05, 0) is 29.7 Å². The normalized spacial score (nSPS) is 14.7. The molecule has 122 valence electrons. The number of hydrogen-bond acceptors (Lipinski definition) is 3. The fourth-order valence-corrected chi connectivity index (χ4v) is 3.59. The Labute approximate surface area is 140 Å². The van der Waals surface area contributed by atoms with Crippen molar-refractivity contribution in [1.82, 2.24) is 14.7 Å². The standard InChI is InChI=1S/C19H19N3O2/c1-21-18-8-3-2-6-15(18)17(20-21)12-22-10-9-13-5-4-7-14(19(23)24)16(13)11-22/h2-8H,9-12H2,1H3,(H,23,24). The summed E-state index contributed by atoms with van der Waals surface area (Å²) in [6.07, 6.45) is 0.876. The van der Waals surface area contributed by atoms with E-state index in [9.17, 15) is 9.90 Å². The van der Waals surface area contributed by atoms with Crippen LogP contribution in [-0.4, -0.2) is 32.3 Å². The minimum atomic E-state index is -0.850. The van der Waals surface area contributed by atoms with E-state index in [2.05, 4.69) is 22.1 Å². The van der Waals surface area contributed by atoms with Crippen molar-refractivity contribution in [2.45, 2.75) is 19.5 Å². The first kappa shape index (κ1) is 14.9. The summed E-state index contributed by atoms with van der Waals surface area (Å²) in [6.45, 7) is 2.30. The summed E-state index contributed by atoms with van der Waals surface area (Å²) < 4.78 is 1.91. The predicted octanol–water partition coefficient (Wildman–Crippen LogP) is 2.83. The van der Waals surface area contributed by atoms with Crippen molar-refractivity contribution in [3.63, 3.8) is 0 Å². The highest BCUT2D eigenvalue weighted by Gasteiger charge is 2.22. The van der Waals surface area contributed by atoms with Crippen molar-refractivity contribution in [2.75, 3.05) is 6.54 Å². The molecular weight excluding hydrogens is 302 g/mol. The van der Waals surface area contributed by atoms with Crippen molar-refractivity contribution in [2.24, 2.45) is 7.05 Å². The first-order valence-electron chi connectivity index (χ1n) is 8.10. The molecule has 5 nitrogen and oxygen atoms in total. The Morgan fingerprint density at radius 2 is 2.04 bits per heavy atom. The van der Waals surface area contributed by atoms with Crippen LogP contribution in [0.15, 0.2) is 42.5 Å². The van der Waals surface area contributed by atoms with Crippen LogP contribution in [0, 0.1) is 0 Å². The Balaban J connectivity index is 1.64. The number of carboxylic acids is 1. The molecule has 0 spiro atoms. The number of hydrogen-bond donors (Lipinski definition) is 1. The fourth-order valence-electron chi connectivity index (χ4n) is 3.59. The lowest BCUT2D eigenvalue weighted by atomic mass is 9.94. The largest absolute Gasteiger partial charge is 0.478 e. The molecule has 1 N–H and O–H groups in total. The molecule has 0 radical (unpaired) electrons. The highest BCUT2D eigenvalue weighted by molar-refractivity contribution is 5.90. The topological polar surface area (TPSA) is 58.4 Å². The summed E-state index contributed by atoms with van der Waals surface area (Å²) >= 11 is 0. The third-order valence-corrected chi connectivity index (χ3v) is 4.79. The van der Waals surface area contributed by atoms with Gasteiger partial charge in [-0.1, -0.05) is 30.3 Å². The first-order chi connectivity index (χ1) is 11.6. The van der Waals surface area contributed by atoms with Gasteiger partial charge in [0.15, 0.2) is 0 Å². The van der Waals surface area contributed by atoms with Gasteiger partial charge in [0.25, 0.3) is 0 Å². The van der Waals surface area contributed by atoms with Gasteiger partial charge in [-0.15, -0.1) is 0 Å². The third-order valence-electron chi connectivity index (χ3n) is 4.79. The molecule has 0 aliphatic carbocycles. The molecule has 5 heteroatoms. The van der Waals surface area contributed by atoms with Crippen LogP contribution in [0.25, 0.3) is 10.9 Å². The summed E-state index contributed by atoms with van der Waals surface area (Å²) in [5, 5.41) is 15.2. The van der Waals surface area contributed by atoms with Gasteiger partial charge in [-0.2, -0.15) is 5.10 Å². The smallest absolute Gasteiger partial charge is 0.336 e. The minimum Gasteiger partial charge on any atom is -0.478 e. The number of para-hydroxylation sites is 1. The van der Waals surface area contributed by atoms with Crippen LogP contribution in [0.2, 0.25) is 0 Å².